The first-order valence-electron chi connectivity index (χ1n) is 29.1. The van der Waals surface area contributed by atoms with E-state index in [0.717, 1.165) is 29.2 Å². The zero-order chi connectivity index (χ0) is 67.3. The molecule has 0 aliphatic carbocycles. The van der Waals surface area contributed by atoms with Crippen LogP contribution >= 0.6 is 15.9 Å². The summed E-state index contributed by atoms with van der Waals surface area (Å²) in [6.07, 6.45) is -15.6. The molecule has 3 aliphatic rings. The molecule has 27 heteroatoms. The number of anilines is 2. The number of pyridine rings is 1. The number of ether oxygens (including phenoxy) is 2. The largest absolute Gasteiger partial charge is 0.463 e. The number of amides is 5. The van der Waals surface area contributed by atoms with Gasteiger partial charge in [0.2, 0.25) is 5.91 Å². The van der Waals surface area contributed by atoms with Crippen molar-refractivity contribution in [2.45, 2.75) is 132 Å². The lowest BCUT2D eigenvalue weighted by Gasteiger charge is -2.47. The summed E-state index contributed by atoms with van der Waals surface area (Å²) in [5.41, 5.74) is -13.2. The fourth-order valence-corrected chi connectivity index (χ4v) is 13.2. The van der Waals surface area contributed by atoms with Gasteiger partial charge in [0.05, 0.1) is 31.4 Å². The Hall–Kier alpha value is -7.91. The van der Waals surface area contributed by atoms with Crippen molar-refractivity contribution < 1.29 is 85.8 Å². The Balaban J connectivity index is 0.964. The number of allylic oxidation sites excluding steroid dienone is 2. The first-order chi connectivity index (χ1) is 43.2. The van der Waals surface area contributed by atoms with E-state index in [4.69, 9.17) is 13.9 Å². The highest BCUT2D eigenvalue weighted by Crippen LogP contribution is 2.56. The Morgan fingerprint density at radius 2 is 1.08 bits per heavy atom. The van der Waals surface area contributed by atoms with Crippen LogP contribution in [0.15, 0.2) is 138 Å². The number of imide groups is 1. The number of furan rings is 1. The third-order valence-electron chi connectivity index (χ3n) is 17.1. The summed E-state index contributed by atoms with van der Waals surface area (Å²) in [5.74, 6) is -2.45. The maximum absolute atomic E-state index is 15.1. The molecular weight excluding hydrogens is 1300 g/mol. The number of nitrogens with zero attached hydrogens (tertiary/aromatic N) is 7. The van der Waals surface area contributed by atoms with Crippen LogP contribution in [0.25, 0.3) is 23.1 Å². The Labute approximate surface area is 530 Å². The third-order valence-corrected chi connectivity index (χ3v) is 17.9. The fourth-order valence-electron chi connectivity index (χ4n) is 12.4. The molecule has 5 amide bonds. The molecule has 4 unspecified atom stereocenters. The van der Waals surface area contributed by atoms with Crippen molar-refractivity contribution in [2.75, 3.05) is 42.5 Å². The Kier molecular flexibility index (Phi) is 19.3. The average molecular weight is 1360 g/mol. The zero-order valence-electron chi connectivity index (χ0n) is 50.6. The minimum atomic E-state index is -5.98. The van der Waals surface area contributed by atoms with E-state index in [0.29, 0.717) is 28.0 Å². The van der Waals surface area contributed by atoms with Gasteiger partial charge in [-0.3, -0.25) is 29.2 Å². The molecular formula is C65H64BrF12N7O7. The third kappa shape index (κ3) is 12.3. The number of carbonyl (C=O) groups excluding carboxylic acids is 4. The fraction of sp³-hybridized carbons (Fsp3) is 0.400. The maximum Gasteiger partial charge on any atom is 0.430 e. The molecule has 6 atom stereocenters. The molecule has 3 saturated heterocycles. The van der Waals surface area contributed by atoms with Crippen molar-refractivity contribution in [3.8, 4) is 0 Å². The molecule has 0 spiro atoms. The highest BCUT2D eigenvalue weighted by Gasteiger charge is 2.75. The molecule has 0 bridgehead atoms. The van der Waals surface area contributed by atoms with E-state index in [9.17, 15) is 4.79 Å². The van der Waals surface area contributed by atoms with Gasteiger partial charge < -0.3 is 33.5 Å². The quantitative estimate of drug-likeness (QED) is 0.0376. The molecule has 0 radical (unpaired) electrons. The summed E-state index contributed by atoms with van der Waals surface area (Å²) >= 11 is 3.45. The van der Waals surface area contributed by atoms with Gasteiger partial charge in [0, 0.05) is 78.2 Å². The molecule has 9 rings (SSSR count). The number of benzene rings is 4. The van der Waals surface area contributed by atoms with E-state index in [2.05, 4.69) is 20.9 Å². The second-order valence-corrected chi connectivity index (χ2v) is 24.0. The smallest absolute Gasteiger partial charge is 0.430 e. The lowest BCUT2D eigenvalue weighted by Crippen LogP contribution is -2.62. The minimum absolute atomic E-state index is 0.0227. The molecule has 0 N–H and O–H groups in total. The van der Waals surface area contributed by atoms with Crippen molar-refractivity contribution in [1.29, 1.82) is 0 Å². The highest BCUT2D eigenvalue weighted by molar-refractivity contribution is 9.10. The molecule has 2 aromatic heterocycles. The molecule has 6 aromatic rings. The predicted molar refractivity (Wildman–Crippen MR) is 321 cm³/mol. The van der Waals surface area contributed by atoms with Gasteiger partial charge >= 0.3 is 30.7 Å². The van der Waals surface area contributed by atoms with E-state index < -0.39 is 125 Å². The van der Waals surface area contributed by atoms with Crippen LogP contribution in [0.5, 0.6) is 0 Å². The normalized spacial score (nSPS) is 21.2. The lowest BCUT2D eigenvalue weighted by atomic mass is 9.89. The lowest BCUT2D eigenvalue weighted by molar-refractivity contribution is -0.393. The number of hydrogen-bond acceptors (Lipinski definition) is 10. The van der Waals surface area contributed by atoms with E-state index in [1.807, 2.05) is 0 Å². The summed E-state index contributed by atoms with van der Waals surface area (Å²) < 4.78 is 196. The molecule has 14 nitrogen and oxygen atoms in total. The SMILES string of the molecule is C/C=C\c1cc(C(OCc2ccccc2)(C(F)(F)F)C(F)(F)F)ccc1N1CC(C)N(C(=O)CN2C(=O)N(C(Br)C(=O)N3C[C@@H](C)N(c4ccc(C(OCc5ccccc5)(C(F)(F)F)C(F)(F)F)cc4/C=C\C)C[C@@H]3C)C(C)(c3cc4ccoc4cn3)C2=O)CC1C. The Bertz CT molecular complexity index is 3720. The van der Waals surface area contributed by atoms with Gasteiger partial charge in [-0.1, -0.05) is 113 Å². The minimum Gasteiger partial charge on any atom is -0.463 e. The predicted octanol–water partition coefficient (Wildman–Crippen LogP) is 14.4. The number of aromatic nitrogens is 1. The average Bonchev–Trinajstić information content (AvgIpc) is 1.24. The molecule has 3 aliphatic heterocycles. The van der Waals surface area contributed by atoms with Crippen molar-refractivity contribution in [3.63, 3.8) is 0 Å². The number of urea groups is 1. The van der Waals surface area contributed by atoms with Gasteiger partial charge in [-0.15, -0.1) is 0 Å². The molecule has 3 fully saturated rings. The number of piperazine rings is 2. The zero-order valence-corrected chi connectivity index (χ0v) is 52.2. The van der Waals surface area contributed by atoms with Gasteiger partial charge in [0.25, 0.3) is 23.0 Å². The summed E-state index contributed by atoms with van der Waals surface area (Å²) in [7, 11) is 0. The number of hydrogen-bond donors (Lipinski definition) is 0. The maximum atomic E-state index is 15.1. The van der Waals surface area contributed by atoms with Crippen LogP contribution in [-0.2, 0) is 53.8 Å². The topological polar surface area (TPSA) is 132 Å². The first-order valence-corrected chi connectivity index (χ1v) is 30.0. The van der Waals surface area contributed by atoms with Crippen molar-refractivity contribution in [3.05, 3.63) is 173 Å². The molecule has 492 valence electrons. The second kappa shape index (κ2) is 25.9. The van der Waals surface area contributed by atoms with Crippen LogP contribution < -0.4 is 9.80 Å². The van der Waals surface area contributed by atoms with E-state index in [1.165, 1.54) is 122 Å². The van der Waals surface area contributed by atoms with Gasteiger partial charge in [-0.05, 0) is 107 Å². The second-order valence-electron chi connectivity index (χ2n) is 23.2. The number of alkyl halides is 13. The van der Waals surface area contributed by atoms with E-state index >= 15 is 67.1 Å². The molecule has 4 aromatic carbocycles. The van der Waals surface area contributed by atoms with Crippen molar-refractivity contribution in [1.82, 2.24) is 24.6 Å². The number of halogens is 13. The summed E-state index contributed by atoms with van der Waals surface area (Å²) in [6, 6.07) is 18.5. The first kappa shape index (κ1) is 68.5. The standard InChI is InChI=1S/C65H64BrF12N7O7/c1-8-16-45-28-48(60(62(67,68)69,63(70,71)72)91-37-43-18-12-10-13-19-43)22-24-50(45)80-32-41(5)82(34-39(80)3)54(86)36-84-57(88)59(7,53-30-47-26-27-90-52(47)31-79-53)85(58(84)89)55(66)56(87)83-35-40(4)81(33-42(83)6)51-25-23-49(29-46(51)17-9-2)61(64(73,74)75,65(76,77)78)92-38-44-20-14-11-15-21-44/h8-31,39-42,55H,32-38H2,1-7H3/b16-8-,17-9-/t39?,40-,41?,42+,55?,59?/m1/s1. The van der Waals surface area contributed by atoms with Crippen LogP contribution in [0.3, 0.4) is 0 Å². The van der Waals surface area contributed by atoms with E-state index in [1.54, 1.807) is 55.7 Å². The molecule has 5 heterocycles. The number of carbonyl (C=O) groups is 4. The monoisotopic (exact) mass is 1360 g/mol. The summed E-state index contributed by atoms with van der Waals surface area (Å²) in [4.78, 5) is 70.7. The van der Waals surface area contributed by atoms with Crippen LogP contribution in [0, 0.1) is 0 Å². The van der Waals surface area contributed by atoms with Gasteiger partial charge in [0.1, 0.15) is 6.54 Å². The van der Waals surface area contributed by atoms with Crippen LogP contribution in [0.4, 0.5) is 68.9 Å². The molecule has 0 saturated carbocycles. The van der Waals surface area contributed by atoms with Gasteiger partial charge in [0.15, 0.2) is 16.1 Å². The van der Waals surface area contributed by atoms with Crippen LogP contribution in [0.1, 0.15) is 87.5 Å². The van der Waals surface area contributed by atoms with Crippen molar-refractivity contribution >= 4 is 74.2 Å². The van der Waals surface area contributed by atoms with Crippen molar-refractivity contribution in [2.24, 2.45) is 0 Å². The van der Waals surface area contributed by atoms with Crippen LogP contribution in [0.2, 0.25) is 0 Å². The number of rotatable bonds is 17. The van der Waals surface area contributed by atoms with Gasteiger partial charge in [-0.25, -0.2) is 4.79 Å². The number of fused-ring (bicyclic) bond motifs is 1. The van der Waals surface area contributed by atoms with Gasteiger partial charge in [-0.2, -0.15) is 52.7 Å². The summed E-state index contributed by atoms with van der Waals surface area (Å²) in [6.45, 7) is 7.78. The van der Waals surface area contributed by atoms with E-state index in [-0.39, 0.29) is 65.5 Å². The highest BCUT2D eigenvalue weighted by atomic mass is 79.9. The molecule has 92 heavy (non-hydrogen) atoms. The summed E-state index contributed by atoms with van der Waals surface area (Å²) in [5, 5.41) is 0.457. The Morgan fingerprint density at radius 3 is 1.52 bits per heavy atom. The van der Waals surface area contributed by atoms with Crippen LogP contribution in [-0.4, -0.2) is 135 Å². The Morgan fingerprint density at radius 1 is 0.630 bits per heavy atom.